The van der Waals surface area contributed by atoms with Crippen LogP contribution in [0.5, 0.6) is 17.4 Å². The number of carbonyl (C=O) groups is 1. The summed E-state index contributed by atoms with van der Waals surface area (Å²) >= 11 is 0. The highest BCUT2D eigenvalue weighted by atomic mass is 16.5. The van der Waals surface area contributed by atoms with Crippen molar-refractivity contribution >= 4 is 22.7 Å². The van der Waals surface area contributed by atoms with E-state index in [-0.39, 0.29) is 0 Å². The van der Waals surface area contributed by atoms with E-state index < -0.39 is 5.97 Å². The topological polar surface area (TPSA) is 92.8 Å². The Hall–Kier alpha value is -4.11. The summed E-state index contributed by atoms with van der Waals surface area (Å²) in [6.07, 6.45) is 2.25. The van der Waals surface area contributed by atoms with Gasteiger partial charge in [-0.2, -0.15) is 4.98 Å². The largest absolute Gasteiger partial charge is 0.496 e. The first-order valence-electron chi connectivity index (χ1n) is 11.9. The van der Waals surface area contributed by atoms with E-state index in [0.717, 1.165) is 48.7 Å². The molecule has 2 aromatic carbocycles. The minimum absolute atomic E-state index is 0.320. The molecular formula is C27H29N5O4. The maximum atomic E-state index is 12.2. The highest BCUT2D eigenvalue weighted by Crippen LogP contribution is 2.31. The van der Waals surface area contributed by atoms with Gasteiger partial charge in [-0.15, -0.1) is 0 Å². The number of likely N-dealkylation sites (N-methyl/N-ethyl adjacent to an activating group) is 1. The lowest BCUT2D eigenvalue weighted by Crippen LogP contribution is -2.44. The Labute approximate surface area is 209 Å². The van der Waals surface area contributed by atoms with Gasteiger partial charge in [0.15, 0.2) is 0 Å². The zero-order valence-corrected chi connectivity index (χ0v) is 20.7. The van der Waals surface area contributed by atoms with Crippen LogP contribution in [0.25, 0.3) is 11.0 Å². The Kier molecular flexibility index (Phi) is 6.73. The zero-order chi connectivity index (χ0) is 25.1. The molecule has 36 heavy (non-hydrogen) atoms. The summed E-state index contributed by atoms with van der Waals surface area (Å²) in [6.45, 7) is 4.05. The molecule has 2 aromatic heterocycles. The molecule has 186 valence electrons. The fraction of sp³-hybridized carbons (Fsp3) is 0.296. The van der Waals surface area contributed by atoms with Crippen LogP contribution < -0.4 is 14.4 Å². The third-order valence-electron chi connectivity index (χ3n) is 6.41. The number of aromatic amines is 1. The predicted molar refractivity (Wildman–Crippen MR) is 137 cm³/mol. The fourth-order valence-electron chi connectivity index (χ4n) is 4.37. The molecule has 1 fully saturated rings. The van der Waals surface area contributed by atoms with Gasteiger partial charge in [-0.05, 0) is 31.3 Å². The quantitative estimate of drug-likeness (QED) is 0.393. The van der Waals surface area contributed by atoms with E-state index in [2.05, 4.69) is 40.0 Å². The second-order valence-electron chi connectivity index (χ2n) is 8.74. The number of aromatic nitrogens is 3. The molecule has 1 aliphatic rings. The van der Waals surface area contributed by atoms with Crippen LogP contribution in [0, 0.1) is 0 Å². The van der Waals surface area contributed by atoms with Crippen LogP contribution in [-0.2, 0) is 11.2 Å². The molecule has 0 aliphatic carbocycles. The van der Waals surface area contributed by atoms with Crippen molar-refractivity contribution in [1.29, 1.82) is 0 Å². The lowest BCUT2D eigenvalue weighted by atomic mass is 10.1. The van der Waals surface area contributed by atoms with E-state index in [1.165, 1.54) is 7.11 Å². The second kappa shape index (κ2) is 10.2. The maximum Gasteiger partial charge on any atom is 0.341 e. The molecule has 3 heterocycles. The molecule has 9 nitrogen and oxygen atoms in total. The van der Waals surface area contributed by atoms with Crippen molar-refractivity contribution in [3.05, 3.63) is 71.7 Å². The van der Waals surface area contributed by atoms with Gasteiger partial charge in [0.05, 0.1) is 19.7 Å². The van der Waals surface area contributed by atoms with Crippen LogP contribution in [0.2, 0.25) is 0 Å². The number of H-pyrrole nitrogens is 1. The van der Waals surface area contributed by atoms with Crippen LogP contribution >= 0.6 is 0 Å². The molecule has 0 bridgehead atoms. The summed E-state index contributed by atoms with van der Waals surface area (Å²) in [5, 5.41) is 0. The Balaban J connectivity index is 1.44. The van der Waals surface area contributed by atoms with E-state index in [4.69, 9.17) is 24.2 Å². The average Bonchev–Trinajstić information content (AvgIpc) is 3.38. The molecule has 0 spiro atoms. The number of benzene rings is 2. The lowest BCUT2D eigenvalue weighted by molar-refractivity contribution is 0.0598. The lowest BCUT2D eigenvalue weighted by Gasteiger charge is -2.34. The number of anilines is 1. The van der Waals surface area contributed by atoms with Gasteiger partial charge in [0, 0.05) is 56.1 Å². The molecule has 9 heteroatoms. The van der Waals surface area contributed by atoms with E-state index in [1.807, 2.05) is 6.07 Å². The summed E-state index contributed by atoms with van der Waals surface area (Å²) < 4.78 is 16.8. The minimum Gasteiger partial charge on any atom is -0.496 e. The molecule has 1 saturated heterocycles. The first-order chi connectivity index (χ1) is 17.6. The smallest absolute Gasteiger partial charge is 0.341 e. The molecule has 1 aliphatic heterocycles. The summed E-state index contributed by atoms with van der Waals surface area (Å²) in [5.41, 5.74) is 3.82. The number of rotatable bonds is 7. The van der Waals surface area contributed by atoms with E-state index in [0.29, 0.717) is 35.0 Å². The van der Waals surface area contributed by atoms with Crippen LogP contribution in [0.1, 0.15) is 21.7 Å². The van der Waals surface area contributed by atoms with Gasteiger partial charge in [-0.3, -0.25) is 0 Å². The number of nitrogens with one attached hydrogen (secondary N) is 1. The van der Waals surface area contributed by atoms with Gasteiger partial charge in [0.1, 0.15) is 28.4 Å². The van der Waals surface area contributed by atoms with Gasteiger partial charge in [0.2, 0.25) is 5.88 Å². The molecule has 1 N–H and O–H groups in total. The number of ether oxygens (including phenoxy) is 3. The second-order valence-corrected chi connectivity index (χ2v) is 8.74. The van der Waals surface area contributed by atoms with Gasteiger partial charge >= 0.3 is 5.97 Å². The van der Waals surface area contributed by atoms with Crippen LogP contribution in [0.15, 0.2) is 54.7 Å². The number of hydrogen-bond donors (Lipinski definition) is 1. The molecular weight excluding hydrogens is 458 g/mol. The molecule has 0 unspecified atom stereocenters. The van der Waals surface area contributed by atoms with Crippen molar-refractivity contribution in [3.63, 3.8) is 0 Å². The van der Waals surface area contributed by atoms with Crippen LogP contribution in [0.4, 0.5) is 5.69 Å². The Morgan fingerprint density at radius 3 is 2.58 bits per heavy atom. The Bertz CT molecular complexity index is 1380. The van der Waals surface area contributed by atoms with E-state index in [1.54, 1.807) is 37.6 Å². The van der Waals surface area contributed by atoms with Gasteiger partial charge in [-0.1, -0.05) is 18.2 Å². The number of methoxy groups -OCH3 is 2. The third-order valence-corrected chi connectivity index (χ3v) is 6.41. The van der Waals surface area contributed by atoms with Crippen molar-refractivity contribution in [1.82, 2.24) is 19.9 Å². The standard InChI is InChI=1S/C27H29N5O4/c1-31-12-14-32(15-13-31)19-9-8-18(23(17-19)34-2)16-24-29-21-10-11-28-25(21)26(30-24)36-22-7-5-4-6-20(22)27(33)35-3/h4-11,17,28H,12-16H2,1-3H3. The first-order valence-corrected chi connectivity index (χ1v) is 11.9. The zero-order valence-electron chi connectivity index (χ0n) is 20.7. The van der Waals surface area contributed by atoms with Gasteiger partial charge in [-0.25, -0.2) is 9.78 Å². The fourth-order valence-corrected chi connectivity index (χ4v) is 4.37. The predicted octanol–water partition coefficient (Wildman–Crippen LogP) is 3.89. The van der Waals surface area contributed by atoms with Crippen molar-refractivity contribution < 1.29 is 19.0 Å². The summed E-state index contributed by atoms with van der Waals surface area (Å²) in [7, 11) is 5.17. The molecule has 0 radical (unpaired) electrons. The van der Waals surface area contributed by atoms with E-state index >= 15 is 0 Å². The summed E-state index contributed by atoms with van der Waals surface area (Å²) in [5.74, 6) is 1.59. The summed E-state index contributed by atoms with van der Waals surface area (Å²) in [6, 6.07) is 15.1. The first kappa shape index (κ1) is 23.6. The Morgan fingerprint density at radius 2 is 1.81 bits per heavy atom. The van der Waals surface area contributed by atoms with Crippen LogP contribution in [-0.4, -0.2) is 73.3 Å². The van der Waals surface area contributed by atoms with Crippen molar-refractivity contribution in [2.75, 3.05) is 52.3 Å². The Morgan fingerprint density at radius 1 is 1.00 bits per heavy atom. The number of fused-ring (bicyclic) bond motifs is 1. The molecule has 5 rings (SSSR count). The van der Waals surface area contributed by atoms with Gasteiger partial charge < -0.3 is 29.0 Å². The molecule has 4 aromatic rings. The van der Waals surface area contributed by atoms with Crippen LogP contribution in [0.3, 0.4) is 0 Å². The summed E-state index contributed by atoms with van der Waals surface area (Å²) in [4.78, 5) is 29.5. The molecule has 0 atom stereocenters. The minimum atomic E-state index is -0.479. The number of carbonyl (C=O) groups excluding carboxylic acids is 1. The maximum absolute atomic E-state index is 12.2. The highest BCUT2D eigenvalue weighted by Gasteiger charge is 2.19. The van der Waals surface area contributed by atoms with E-state index in [9.17, 15) is 4.79 Å². The normalized spacial score (nSPS) is 14.1. The average molecular weight is 488 g/mol. The molecule has 0 saturated carbocycles. The SMILES string of the molecule is COC(=O)c1ccccc1Oc1nc(Cc2ccc(N3CCN(C)CC3)cc2OC)nc2cc[nH]c12. The number of hydrogen-bond acceptors (Lipinski definition) is 8. The van der Waals surface area contributed by atoms with Crippen molar-refractivity contribution in [3.8, 4) is 17.4 Å². The molecule has 0 amide bonds. The number of piperazine rings is 1. The number of nitrogens with zero attached hydrogens (tertiary/aromatic N) is 4. The highest BCUT2D eigenvalue weighted by molar-refractivity contribution is 5.92. The number of para-hydroxylation sites is 1. The van der Waals surface area contributed by atoms with Gasteiger partial charge in [0.25, 0.3) is 0 Å². The third kappa shape index (κ3) is 4.83. The number of esters is 1. The van der Waals surface area contributed by atoms with Crippen molar-refractivity contribution in [2.45, 2.75) is 6.42 Å². The van der Waals surface area contributed by atoms with Crippen molar-refractivity contribution in [2.24, 2.45) is 0 Å². The monoisotopic (exact) mass is 487 g/mol.